The molecule has 1 aliphatic heterocycles. The van der Waals surface area contributed by atoms with Gasteiger partial charge in [0.1, 0.15) is 6.04 Å². The number of hydrogen-bond acceptors (Lipinski definition) is 4. The number of alkyl halides is 3. The van der Waals surface area contributed by atoms with Gasteiger partial charge < -0.3 is 10.2 Å². The van der Waals surface area contributed by atoms with E-state index in [1.54, 1.807) is 24.3 Å². The van der Waals surface area contributed by atoms with Crippen molar-refractivity contribution in [3.05, 3.63) is 125 Å². The maximum absolute atomic E-state index is 13.3. The summed E-state index contributed by atoms with van der Waals surface area (Å²) in [4.78, 5) is 31.1. The first-order chi connectivity index (χ1) is 21.6. The molecular formula is C37H38F3N3O2. The molecule has 0 saturated carbocycles. The summed E-state index contributed by atoms with van der Waals surface area (Å²) in [7, 11) is 0. The number of hydrogen-bond donors (Lipinski definition) is 1. The Labute approximate surface area is 262 Å². The quantitative estimate of drug-likeness (QED) is 0.189. The molecule has 4 aromatic rings. The van der Waals surface area contributed by atoms with E-state index in [2.05, 4.69) is 29.0 Å². The Balaban J connectivity index is 1.22. The van der Waals surface area contributed by atoms with Gasteiger partial charge in [-0.1, -0.05) is 92.7 Å². The van der Waals surface area contributed by atoms with Crippen LogP contribution in [-0.2, 0) is 17.4 Å². The van der Waals surface area contributed by atoms with E-state index in [-0.39, 0.29) is 24.2 Å². The van der Waals surface area contributed by atoms with E-state index in [0.717, 1.165) is 55.1 Å². The van der Waals surface area contributed by atoms with Gasteiger partial charge in [0.25, 0.3) is 0 Å². The lowest BCUT2D eigenvalue weighted by Crippen LogP contribution is -2.51. The number of nitrogens with zero attached hydrogens (tertiary/aromatic N) is 2. The number of nitrogens with one attached hydrogen (secondary N) is 1. The van der Waals surface area contributed by atoms with Crippen molar-refractivity contribution in [3.63, 3.8) is 0 Å². The van der Waals surface area contributed by atoms with Gasteiger partial charge in [0.2, 0.25) is 5.91 Å². The third-order valence-corrected chi connectivity index (χ3v) is 8.14. The molecule has 8 heteroatoms. The highest BCUT2D eigenvalue weighted by atomic mass is 19.4. The molecule has 1 amide bonds. The summed E-state index contributed by atoms with van der Waals surface area (Å²) in [5.74, 6) is 0.293. The predicted octanol–water partition coefficient (Wildman–Crippen LogP) is 7.43. The average molecular weight is 614 g/mol. The zero-order chi connectivity index (χ0) is 32.0. The van der Waals surface area contributed by atoms with Crippen molar-refractivity contribution in [2.24, 2.45) is 5.92 Å². The van der Waals surface area contributed by atoms with Gasteiger partial charge in [-0.05, 0) is 52.4 Å². The van der Waals surface area contributed by atoms with E-state index in [0.29, 0.717) is 29.2 Å². The van der Waals surface area contributed by atoms with Gasteiger partial charge in [0.05, 0.1) is 5.56 Å². The van der Waals surface area contributed by atoms with Crippen LogP contribution in [0.5, 0.6) is 0 Å². The monoisotopic (exact) mass is 613 g/mol. The Morgan fingerprint density at radius 1 is 0.778 bits per heavy atom. The second-order valence-electron chi connectivity index (χ2n) is 11.9. The summed E-state index contributed by atoms with van der Waals surface area (Å²) in [6.45, 7) is 7.79. The molecule has 5 rings (SSSR count). The lowest BCUT2D eigenvalue weighted by Gasteiger charge is -2.40. The summed E-state index contributed by atoms with van der Waals surface area (Å²) in [6, 6.07) is 29.4. The minimum atomic E-state index is -4.41. The number of anilines is 1. The third kappa shape index (κ3) is 8.00. The Hall–Kier alpha value is -4.43. The van der Waals surface area contributed by atoms with Gasteiger partial charge in [-0.3, -0.25) is 14.5 Å². The molecular weight excluding hydrogens is 575 g/mol. The van der Waals surface area contributed by atoms with E-state index in [1.165, 1.54) is 12.1 Å². The summed E-state index contributed by atoms with van der Waals surface area (Å²) in [5, 5.41) is 3.11. The number of halogens is 3. The van der Waals surface area contributed by atoms with Gasteiger partial charge in [-0.2, -0.15) is 13.2 Å². The summed E-state index contributed by atoms with van der Waals surface area (Å²) in [6.07, 6.45) is -4.24. The zero-order valence-electron chi connectivity index (χ0n) is 25.6. The predicted molar refractivity (Wildman–Crippen MR) is 172 cm³/mol. The van der Waals surface area contributed by atoms with E-state index < -0.39 is 11.7 Å². The Kier molecular flexibility index (Phi) is 10.0. The molecule has 4 aromatic carbocycles. The lowest BCUT2D eigenvalue weighted by molar-refractivity contribution is -0.137. The highest BCUT2D eigenvalue weighted by Crippen LogP contribution is 2.32. The molecule has 1 saturated heterocycles. The van der Waals surface area contributed by atoms with Crippen molar-refractivity contribution in [1.29, 1.82) is 0 Å². The molecule has 1 unspecified atom stereocenters. The molecule has 0 spiro atoms. The van der Waals surface area contributed by atoms with Gasteiger partial charge in [-0.25, -0.2) is 0 Å². The Morgan fingerprint density at radius 2 is 1.40 bits per heavy atom. The number of carbonyl (C=O) groups is 2. The maximum Gasteiger partial charge on any atom is 0.416 e. The fraction of sp³-hybridized carbons (Fsp3) is 0.297. The lowest BCUT2D eigenvalue weighted by atomic mass is 9.93. The van der Waals surface area contributed by atoms with Gasteiger partial charge >= 0.3 is 6.18 Å². The van der Waals surface area contributed by atoms with Crippen molar-refractivity contribution in [2.45, 2.75) is 32.5 Å². The second-order valence-corrected chi connectivity index (χ2v) is 11.9. The van der Waals surface area contributed by atoms with E-state index >= 15 is 0 Å². The Morgan fingerprint density at radius 3 is 2.02 bits per heavy atom. The van der Waals surface area contributed by atoms with Crippen LogP contribution in [0.1, 0.15) is 46.9 Å². The maximum atomic E-state index is 13.3. The fourth-order valence-corrected chi connectivity index (χ4v) is 5.73. The van der Waals surface area contributed by atoms with E-state index in [9.17, 15) is 22.8 Å². The van der Waals surface area contributed by atoms with Crippen molar-refractivity contribution >= 4 is 17.4 Å². The summed E-state index contributed by atoms with van der Waals surface area (Å²) < 4.78 is 39.1. The van der Waals surface area contributed by atoms with Crippen LogP contribution in [0.2, 0.25) is 0 Å². The van der Waals surface area contributed by atoms with Gasteiger partial charge in [0.15, 0.2) is 5.78 Å². The van der Waals surface area contributed by atoms with Gasteiger partial charge in [-0.15, -0.1) is 0 Å². The molecule has 1 heterocycles. The van der Waals surface area contributed by atoms with Crippen LogP contribution in [0, 0.1) is 5.92 Å². The number of amides is 1. The number of ketones is 1. The van der Waals surface area contributed by atoms with Crippen LogP contribution >= 0.6 is 0 Å². The number of carbonyl (C=O) groups excluding carboxylic acids is 2. The first-order valence-corrected chi connectivity index (χ1v) is 15.3. The van der Waals surface area contributed by atoms with Gasteiger partial charge in [0, 0.05) is 50.4 Å². The fourth-order valence-electron chi connectivity index (χ4n) is 5.73. The van der Waals surface area contributed by atoms with Crippen molar-refractivity contribution in [3.8, 4) is 11.1 Å². The van der Waals surface area contributed by atoms with Crippen LogP contribution < -0.4 is 10.2 Å². The van der Waals surface area contributed by atoms with Crippen LogP contribution in [0.15, 0.2) is 103 Å². The molecule has 1 fully saturated rings. The van der Waals surface area contributed by atoms with Crippen LogP contribution in [0.4, 0.5) is 18.9 Å². The summed E-state index contributed by atoms with van der Waals surface area (Å²) in [5.41, 5.74) is 3.82. The molecule has 0 radical (unpaired) electrons. The first kappa shape index (κ1) is 32.0. The second kappa shape index (κ2) is 14.1. The van der Waals surface area contributed by atoms with Crippen molar-refractivity contribution in [1.82, 2.24) is 10.2 Å². The van der Waals surface area contributed by atoms with Crippen molar-refractivity contribution in [2.75, 3.05) is 37.6 Å². The number of Topliss-reactive ketones (excluding diaryl/α,β-unsaturated/α-hetero) is 1. The number of rotatable bonds is 10. The molecule has 5 nitrogen and oxygen atoms in total. The first-order valence-electron chi connectivity index (χ1n) is 15.3. The number of benzene rings is 4. The van der Waals surface area contributed by atoms with E-state index in [1.807, 2.05) is 54.6 Å². The normalized spacial score (nSPS) is 14.8. The van der Waals surface area contributed by atoms with Crippen LogP contribution in [0.3, 0.4) is 0 Å². The largest absolute Gasteiger partial charge is 0.416 e. The SMILES string of the molecule is CC(C)CNC(=O)C(c1ccccc1)N1CCN(c2ccc(CC(=O)c3ccccc3-c3ccc(C(F)(F)F)cc3)cc2)CC1. The molecule has 234 valence electrons. The molecule has 0 aromatic heterocycles. The van der Waals surface area contributed by atoms with Crippen LogP contribution in [-0.4, -0.2) is 49.3 Å². The average Bonchev–Trinajstić information content (AvgIpc) is 3.05. The molecule has 1 N–H and O–H groups in total. The smallest absolute Gasteiger partial charge is 0.369 e. The highest BCUT2D eigenvalue weighted by molar-refractivity contribution is 6.03. The molecule has 0 aliphatic carbocycles. The van der Waals surface area contributed by atoms with Crippen molar-refractivity contribution < 1.29 is 22.8 Å². The molecule has 0 bridgehead atoms. The minimum Gasteiger partial charge on any atom is -0.369 e. The molecule has 1 atom stereocenters. The topological polar surface area (TPSA) is 52.7 Å². The van der Waals surface area contributed by atoms with E-state index in [4.69, 9.17) is 0 Å². The standard InChI is InChI=1S/C37H38F3N3O2/c1-26(2)25-41-36(45)35(29-8-4-3-5-9-29)43-22-20-42(21-23-43)31-18-12-27(13-19-31)24-34(44)33-11-7-6-10-32(33)28-14-16-30(17-15-28)37(38,39)40/h3-19,26,35H,20-25H2,1-2H3,(H,41,45). The molecule has 1 aliphatic rings. The minimum absolute atomic E-state index is 0.0252. The zero-order valence-corrected chi connectivity index (χ0v) is 25.6. The number of piperazine rings is 1. The summed E-state index contributed by atoms with van der Waals surface area (Å²) >= 11 is 0. The highest BCUT2D eigenvalue weighted by Gasteiger charge is 2.31. The third-order valence-electron chi connectivity index (χ3n) is 8.14. The van der Waals surface area contributed by atoms with Crippen LogP contribution in [0.25, 0.3) is 11.1 Å². The Bertz CT molecular complexity index is 1580. The molecule has 45 heavy (non-hydrogen) atoms.